The van der Waals surface area contributed by atoms with Gasteiger partial charge in [0.2, 0.25) is 5.28 Å². The Morgan fingerprint density at radius 2 is 2.03 bits per heavy atom. The summed E-state index contributed by atoms with van der Waals surface area (Å²) in [6.45, 7) is 2.88. The molecule has 1 fully saturated rings. The zero-order chi connectivity index (χ0) is 21.3. The summed E-state index contributed by atoms with van der Waals surface area (Å²) < 4.78 is 30.9. The highest BCUT2D eigenvalue weighted by Gasteiger charge is 2.24. The third kappa shape index (κ3) is 4.03. The molecule has 0 unspecified atom stereocenters. The monoisotopic (exact) mass is 449 g/mol. The molecule has 0 radical (unpaired) electrons. The summed E-state index contributed by atoms with van der Waals surface area (Å²) in [6.07, 6.45) is 2.17. The summed E-state index contributed by atoms with van der Waals surface area (Å²) >= 11 is 5.93. The van der Waals surface area contributed by atoms with Crippen LogP contribution in [0.15, 0.2) is 40.2 Å². The third-order valence-electron chi connectivity index (χ3n) is 5.00. The van der Waals surface area contributed by atoms with Crippen LogP contribution in [0, 0.1) is 0 Å². The smallest absolute Gasteiger partial charge is 0.295 e. The van der Waals surface area contributed by atoms with E-state index in [9.17, 15) is 13.2 Å². The van der Waals surface area contributed by atoms with Crippen LogP contribution in [0.25, 0.3) is 11.2 Å². The Kier molecular flexibility index (Phi) is 5.72. The van der Waals surface area contributed by atoms with Crippen LogP contribution in [0.4, 0.5) is 5.82 Å². The molecule has 1 aliphatic rings. The average molecular weight is 450 g/mol. The van der Waals surface area contributed by atoms with E-state index in [-0.39, 0.29) is 33.4 Å². The number of nitrogens with one attached hydrogen (secondary N) is 1. The van der Waals surface area contributed by atoms with Crippen molar-refractivity contribution in [3.63, 3.8) is 0 Å². The van der Waals surface area contributed by atoms with E-state index in [4.69, 9.17) is 16.3 Å². The van der Waals surface area contributed by atoms with Gasteiger partial charge in [0, 0.05) is 13.2 Å². The van der Waals surface area contributed by atoms with E-state index in [1.165, 1.54) is 6.20 Å². The van der Waals surface area contributed by atoms with Crippen LogP contribution in [-0.2, 0) is 21.1 Å². The van der Waals surface area contributed by atoms with Crippen molar-refractivity contribution >= 4 is 38.4 Å². The summed E-state index contributed by atoms with van der Waals surface area (Å²) in [5, 5.41) is 3.09. The van der Waals surface area contributed by atoms with Crippen molar-refractivity contribution < 1.29 is 13.2 Å². The van der Waals surface area contributed by atoms with Gasteiger partial charge >= 0.3 is 0 Å². The molecule has 1 aromatic carbocycles. The predicted molar refractivity (Wildman–Crippen MR) is 113 cm³/mol. The van der Waals surface area contributed by atoms with Crippen molar-refractivity contribution in [3.8, 4) is 0 Å². The van der Waals surface area contributed by atoms with Crippen LogP contribution in [0.1, 0.15) is 24.9 Å². The zero-order valence-electron chi connectivity index (χ0n) is 16.2. The number of halogens is 1. The molecule has 3 heterocycles. The minimum atomic E-state index is -3.25. The molecule has 0 amide bonds. The summed E-state index contributed by atoms with van der Waals surface area (Å²) in [5.74, 6) is 0.202. The lowest BCUT2D eigenvalue weighted by Crippen LogP contribution is -2.29. The Morgan fingerprint density at radius 3 is 2.70 bits per heavy atom. The Hall–Kier alpha value is -2.56. The molecule has 4 rings (SSSR count). The summed E-state index contributed by atoms with van der Waals surface area (Å²) in [7, 11) is -3.25. The molecule has 3 aromatic rings. The standard InChI is InChI=1S/C19H20ClN5O4S/c1-2-30(27,28)14-5-3-12(4-6-14)9-21-16-18(26)25(13-7-8-29-11-13)17-15(23-16)10-22-19(20)24-17/h3-6,10,13H,2,7-9,11H2,1H3,(H,21,23)/t13-/m0/s1. The van der Waals surface area contributed by atoms with Gasteiger partial charge in [0.15, 0.2) is 21.3 Å². The van der Waals surface area contributed by atoms with Crippen molar-refractivity contribution in [2.24, 2.45) is 0 Å². The highest BCUT2D eigenvalue weighted by atomic mass is 35.5. The first-order valence-electron chi connectivity index (χ1n) is 9.47. The third-order valence-corrected chi connectivity index (χ3v) is 6.93. The second kappa shape index (κ2) is 8.29. The van der Waals surface area contributed by atoms with Gasteiger partial charge in [-0.1, -0.05) is 19.1 Å². The lowest BCUT2D eigenvalue weighted by Gasteiger charge is -2.16. The predicted octanol–water partition coefficient (Wildman–Crippen LogP) is 2.21. The molecule has 0 aliphatic carbocycles. The molecule has 1 saturated heterocycles. The van der Waals surface area contributed by atoms with Gasteiger partial charge in [0.05, 0.1) is 29.5 Å². The maximum Gasteiger partial charge on any atom is 0.295 e. The van der Waals surface area contributed by atoms with Crippen LogP contribution in [-0.4, -0.2) is 46.9 Å². The Labute approximate surface area is 178 Å². The number of anilines is 1. The number of hydrogen-bond donors (Lipinski definition) is 1. The number of rotatable bonds is 6. The van der Waals surface area contributed by atoms with E-state index < -0.39 is 9.84 Å². The Morgan fingerprint density at radius 1 is 1.27 bits per heavy atom. The summed E-state index contributed by atoms with van der Waals surface area (Å²) in [4.78, 5) is 25.9. The van der Waals surface area contributed by atoms with Gasteiger partial charge < -0.3 is 10.1 Å². The highest BCUT2D eigenvalue weighted by Crippen LogP contribution is 2.22. The molecule has 0 spiro atoms. The zero-order valence-corrected chi connectivity index (χ0v) is 17.8. The first-order chi connectivity index (χ1) is 14.4. The average Bonchev–Trinajstić information content (AvgIpc) is 3.27. The molecule has 1 aliphatic heterocycles. The van der Waals surface area contributed by atoms with Crippen LogP contribution >= 0.6 is 11.6 Å². The number of aromatic nitrogens is 4. The minimum absolute atomic E-state index is 0.0409. The molecule has 2 aromatic heterocycles. The maximum atomic E-state index is 13.1. The van der Waals surface area contributed by atoms with E-state index in [2.05, 4.69) is 20.3 Å². The summed E-state index contributed by atoms with van der Waals surface area (Å²) in [5.41, 5.74) is 1.31. The largest absolute Gasteiger partial charge is 0.379 e. The van der Waals surface area contributed by atoms with Gasteiger partial charge in [-0.15, -0.1) is 0 Å². The Bertz CT molecular complexity index is 1240. The van der Waals surface area contributed by atoms with Gasteiger partial charge in [0.1, 0.15) is 5.52 Å². The van der Waals surface area contributed by atoms with Gasteiger partial charge in [-0.25, -0.2) is 18.4 Å². The van der Waals surface area contributed by atoms with E-state index in [0.29, 0.717) is 37.3 Å². The lowest BCUT2D eigenvalue weighted by molar-refractivity contribution is 0.186. The fourth-order valence-electron chi connectivity index (χ4n) is 3.33. The number of sulfone groups is 1. The van der Waals surface area contributed by atoms with E-state index in [0.717, 1.165) is 5.56 Å². The number of ether oxygens (including phenoxy) is 1. The molecule has 1 atom stereocenters. The number of fused-ring (bicyclic) bond motifs is 1. The second-order valence-electron chi connectivity index (χ2n) is 6.90. The summed E-state index contributed by atoms with van der Waals surface area (Å²) in [6, 6.07) is 6.39. The van der Waals surface area contributed by atoms with Crippen LogP contribution < -0.4 is 10.9 Å². The van der Waals surface area contributed by atoms with Gasteiger partial charge in [0.25, 0.3) is 5.56 Å². The molecule has 158 valence electrons. The normalized spacial score (nSPS) is 16.8. The molecule has 0 bridgehead atoms. The molecule has 1 N–H and O–H groups in total. The van der Waals surface area contributed by atoms with Crippen LogP contribution in [0.3, 0.4) is 0 Å². The fraction of sp³-hybridized carbons (Fsp3) is 0.368. The van der Waals surface area contributed by atoms with E-state index in [1.807, 2.05) is 0 Å². The van der Waals surface area contributed by atoms with Gasteiger partial charge in [-0.3, -0.25) is 9.36 Å². The van der Waals surface area contributed by atoms with E-state index >= 15 is 0 Å². The highest BCUT2D eigenvalue weighted by molar-refractivity contribution is 7.91. The molecular weight excluding hydrogens is 430 g/mol. The van der Waals surface area contributed by atoms with E-state index in [1.54, 1.807) is 35.8 Å². The molecule has 9 nitrogen and oxygen atoms in total. The number of hydrogen-bond acceptors (Lipinski definition) is 8. The SMILES string of the molecule is CCS(=O)(=O)c1ccc(CNc2nc3cnc(Cl)nc3n([C@H]3CCOC3)c2=O)cc1. The van der Waals surface area contributed by atoms with Crippen molar-refractivity contribution in [1.82, 2.24) is 19.5 Å². The van der Waals surface area contributed by atoms with Gasteiger partial charge in [-0.2, -0.15) is 4.98 Å². The van der Waals surface area contributed by atoms with Crippen molar-refractivity contribution in [2.75, 3.05) is 24.3 Å². The fourth-order valence-corrected chi connectivity index (χ4v) is 4.34. The number of benzene rings is 1. The van der Waals surface area contributed by atoms with Crippen molar-refractivity contribution in [3.05, 3.63) is 51.7 Å². The van der Waals surface area contributed by atoms with Crippen LogP contribution in [0.5, 0.6) is 0 Å². The van der Waals surface area contributed by atoms with Crippen LogP contribution in [0.2, 0.25) is 5.28 Å². The molecule has 30 heavy (non-hydrogen) atoms. The molecule has 0 saturated carbocycles. The quantitative estimate of drug-likeness (QED) is 0.569. The first-order valence-corrected chi connectivity index (χ1v) is 11.5. The maximum absolute atomic E-state index is 13.1. The topological polar surface area (TPSA) is 116 Å². The second-order valence-corrected chi connectivity index (χ2v) is 9.52. The minimum Gasteiger partial charge on any atom is -0.379 e. The van der Waals surface area contributed by atoms with Crippen molar-refractivity contribution in [2.45, 2.75) is 30.8 Å². The first kappa shape index (κ1) is 20.7. The molecular formula is C19H20ClN5O4S. The lowest BCUT2D eigenvalue weighted by atomic mass is 10.2. The number of nitrogens with zero attached hydrogens (tertiary/aromatic N) is 4. The van der Waals surface area contributed by atoms with Gasteiger partial charge in [-0.05, 0) is 35.7 Å². The Balaban J connectivity index is 1.65. The van der Waals surface area contributed by atoms with Crippen molar-refractivity contribution in [1.29, 1.82) is 0 Å². The molecule has 11 heteroatoms.